The predicted molar refractivity (Wildman–Crippen MR) is 348 cm³/mol. The number of hydrogen-bond acceptors (Lipinski definition) is 6. The van der Waals surface area contributed by atoms with E-state index >= 15 is 0 Å². The SMILES string of the molecule is CCCCCCCCCCCCCC/C=C\CCCCCCCCCCCCCCCCCCCC(=O)NC(COP(=O)([O-])OCC[N+](C)(C)C)C(O)/C=C/CC/C=C/CCCCCCCCCCCCCCCCCCCCC. The van der Waals surface area contributed by atoms with Crippen molar-refractivity contribution >= 4 is 13.7 Å². The van der Waals surface area contributed by atoms with E-state index in [4.69, 9.17) is 9.05 Å². The van der Waals surface area contributed by atoms with E-state index in [2.05, 4.69) is 43.5 Å². The molecule has 0 aliphatic rings. The third kappa shape index (κ3) is 64.3. The summed E-state index contributed by atoms with van der Waals surface area (Å²) >= 11 is 0. The molecule has 0 aliphatic carbocycles. The second-order valence-corrected chi connectivity index (χ2v) is 27.0. The molecule has 1 amide bonds. The van der Waals surface area contributed by atoms with Crippen molar-refractivity contribution in [2.45, 2.75) is 373 Å². The van der Waals surface area contributed by atoms with E-state index in [9.17, 15) is 19.4 Å². The fourth-order valence-corrected chi connectivity index (χ4v) is 11.5. The number of aliphatic hydroxyl groups is 1. The van der Waals surface area contributed by atoms with Gasteiger partial charge in [0.25, 0.3) is 7.82 Å². The number of phosphoric acid groups is 1. The smallest absolute Gasteiger partial charge is 0.268 e. The molecule has 3 unspecified atom stereocenters. The molecule has 3 atom stereocenters. The number of phosphoric ester groups is 1. The minimum atomic E-state index is -4.61. The van der Waals surface area contributed by atoms with Crippen LogP contribution in [0.4, 0.5) is 0 Å². The number of amides is 1. The van der Waals surface area contributed by atoms with Gasteiger partial charge in [-0.2, -0.15) is 0 Å². The minimum absolute atomic E-state index is 0.00464. The van der Waals surface area contributed by atoms with Crippen LogP contribution in [-0.2, 0) is 18.4 Å². The second kappa shape index (κ2) is 62.3. The zero-order chi connectivity index (χ0) is 58.4. The topological polar surface area (TPSA) is 108 Å². The molecule has 0 aromatic carbocycles. The molecule has 0 bridgehead atoms. The lowest BCUT2D eigenvalue weighted by atomic mass is 10.0. The highest BCUT2D eigenvalue weighted by molar-refractivity contribution is 7.45. The van der Waals surface area contributed by atoms with E-state index in [0.29, 0.717) is 17.4 Å². The van der Waals surface area contributed by atoms with Gasteiger partial charge in [0.1, 0.15) is 13.2 Å². The van der Waals surface area contributed by atoms with E-state index in [1.807, 2.05) is 27.2 Å². The molecule has 2 N–H and O–H groups in total. The van der Waals surface area contributed by atoms with Crippen LogP contribution in [-0.4, -0.2) is 68.5 Å². The summed E-state index contributed by atoms with van der Waals surface area (Å²) < 4.78 is 23.4. The standard InChI is InChI=1S/C71H139N2O6P/c1-6-8-10-12-14-16-18-20-22-24-26-28-30-32-33-34-35-36-37-38-39-41-43-45-47-49-51-53-55-57-59-61-63-65-71(75)72-69(68-79-80(76,77)78-67-66-73(3,4)5)70(74)64-62-60-58-56-54-52-50-48-46-44-42-40-31-29-27-25-23-21-19-17-15-13-11-9-7-2/h32-33,54,56,62,64,69-70,74H,6-31,34-53,55,57-61,63,65-68H2,1-5H3,(H-,72,75,76,77)/b33-32-,56-54+,64-62+. The maximum absolute atomic E-state index is 13.0. The van der Waals surface area contributed by atoms with Crippen LogP contribution in [0.3, 0.4) is 0 Å². The molecule has 0 aromatic rings. The Labute approximate surface area is 499 Å². The molecule has 0 fully saturated rings. The zero-order valence-corrected chi connectivity index (χ0v) is 55.2. The Balaban J connectivity index is 4.05. The quantitative estimate of drug-likeness (QED) is 0.0272. The molecule has 8 nitrogen and oxygen atoms in total. The maximum atomic E-state index is 13.0. The van der Waals surface area contributed by atoms with Crippen molar-refractivity contribution in [1.82, 2.24) is 5.32 Å². The van der Waals surface area contributed by atoms with Crippen LogP contribution < -0.4 is 10.2 Å². The first-order valence-corrected chi connectivity index (χ1v) is 36.8. The van der Waals surface area contributed by atoms with Gasteiger partial charge in [0.2, 0.25) is 5.91 Å². The van der Waals surface area contributed by atoms with Crippen molar-refractivity contribution in [1.29, 1.82) is 0 Å². The highest BCUT2D eigenvalue weighted by Gasteiger charge is 2.23. The third-order valence-electron chi connectivity index (χ3n) is 16.3. The summed E-state index contributed by atoms with van der Waals surface area (Å²) in [5, 5.41) is 13.9. The number of allylic oxidation sites excluding steroid dienone is 5. The Morgan fingerprint density at radius 2 is 0.700 bits per heavy atom. The molecule has 0 heterocycles. The normalized spacial score (nSPS) is 13.8. The number of nitrogens with one attached hydrogen (secondary N) is 1. The van der Waals surface area contributed by atoms with E-state index in [1.165, 1.54) is 302 Å². The Kier molecular flexibility index (Phi) is 61.3. The summed E-state index contributed by atoms with van der Waals surface area (Å²) in [4.78, 5) is 25.6. The van der Waals surface area contributed by atoms with E-state index in [0.717, 1.165) is 38.5 Å². The van der Waals surface area contributed by atoms with E-state index in [-0.39, 0.29) is 19.1 Å². The summed E-state index contributed by atoms with van der Waals surface area (Å²) in [6.45, 7) is 4.69. The Bertz CT molecular complexity index is 1400. The molecule has 0 saturated carbocycles. The van der Waals surface area contributed by atoms with Gasteiger partial charge in [0, 0.05) is 6.42 Å². The third-order valence-corrected chi connectivity index (χ3v) is 17.3. The largest absolute Gasteiger partial charge is 0.756 e. The summed E-state index contributed by atoms with van der Waals surface area (Å²) in [5.74, 6) is -0.200. The maximum Gasteiger partial charge on any atom is 0.268 e. The van der Waals surface area contributed by atoms with Crippen LogP contribution in [0, 0.1) is 0 Å². The average molecular weight is 1150 g/mol. The highest BCUT2D eigenvalue weighted by atomic mass is 31.2. The first-order chi connectivity index (χ1) is 39.0. The molecular formula is C71H139N2O6P. The van der Waals surface area contributed by atoms with Crippen molar-refractivity contribution in [2.24, 2.45) is 0 Å². The summed E-state index contributed by atoms with van der Waals surface area (Å²) in [5.41, 5.74) is 0. The lowest BCUT2D eigenvalue weighted by Gasteiger charge is -2.29. The molecule has 0 saturated heterocycles. The van der Waals surface area contributed by atoms with Gasteiger partial charge in [-0.15, -0.1) is 0 Å². The fourth-order valence-electron chi connectivity index (χ4n) is 10.8. The van der Waals surface area contributed by atoms with Crippen molar-refractivity contribution in [3.8, 4) is 0 Å². The Morgan fingerprint density at radius 1 is 0.425 bits per heavy atom. The average Bonchev–Trinajstić information content (AvgIpc) is 3.42. The molecule has 0 aliphatic heterocycles. The number of likely N-dealkylation sites (N-methyl/N-ethyl adjacent to an activating group) is 1. The van der Waals surface area contributed by atoms with Gasteiger partial charge >= 0.3 is 0 Å². The van der Waals surface area contributed by atoms with Gasteiger partial charge < -0.3 is 28.8 Å². The molecule has 0 aromatic heterocycles. The van der Waals surface area contributed by atoms with Crippen molar-refractivity contribution in [2.75, 3.05) is 40.9 Å². The first-order valence-electron chi connectivity index (χ1n) is 35.4. The number of carbonyl (C=O) groups is 1. The van der Waals surface area contributed by atoms with Crippen molar-refractivity contribution in [3.05, 3.63) is 36.5 Å². The van der Waals surface area contributed by atoms with Gasteiger partial charge in [-0.1, -0.05) is 333 Å². The van der Waals surface area contributed by atoms with Crippen LogP contribution in [0.15, 0.2) is 36.5 Å². The van der Waals surface area contributed by atoms with Crippen LogP contribution in [0.5, 0.6) is 0 Å². The lowest BCUT2D eigenvalue weighted by Crippen LogP contribution is -2.45. The molecule has 9 heteroatoms. The van der Waals surface area contributed by atoms with Gasteiger partial charge in [0.15, 0.2) is 0 Å². The van der Waals surface area contributed by atoms with Crippen LogP contribution in [0.25, 0.3) is 0 Å². The predicted octanol–water partition coefficient (Wildman–Crippen LogP) is 21.8. The molecule has 474 valence electrons. The first kappa shape index (κ1) is 78.7. The van der Waals surface area contributed by atoms with E-state index < -0.39 is 20.0 Å². The van der Waals surface area contributed by atoms with Gasteiger partial charge in [0.05, 0.1) is 39.9 Å². The number of quaternary nitrogens is 1. The van der Waals surface area contributed by atoms with Gasteiger partial charge in [-0.25, -0.2) is 0 Å². The number of unbranched alkanes of at least 4 members (excludes halogenated alkanes) is 49. The molecule has 0 radical (unpaired) electrons. The number of nitrogens with zero attached hydrogens (tertiary/aromatic N) is 1. The number of carbonyl (C=O) groups excluding carboxylic acids is 1. The molecule has 0 spiro atoms. The number of hydrogen-bond donors (Lipinski definition) is 2. The van der Waals surface area contributed by atoms with Gasteiger partial charge in [-0.3, -0.25) is 9.36 Å². The summed E-state index contributed by atoms with van der Waals surface area (Å²) in [7, 11) is 1.26. The zero-order valence-electron chi connectivity index (χ0n) is 54.3. The van der Waals surface area contributed by atoms with Crippen molar-refractivity contribution < 1.29 is 32.9 Å². The summed E-state index contributed by atoms with van der Waals surface area (Å²) in [6, 6.07) is -0.904. The number of rotatable bonds is 66. The molecule has 0 rings (SSSR count). The van der Waals surface area contributed by atoms with Gasteiger partial charge in [-0.05, 0) is 57.8 Å². The Hall–Kier alpha value is -1.28. The van der Waals surface area contributed by atoms with E-state index in [1.54, 1.807) is 6.08 Å². The van der Waals surface area contributed by atoms with Crippen LogP contribution >= 0.6 is 7.82 Å². The highest BCUT2D eigenvalue weighted by Crippen LogP contribution is 2.38. The fraction of sp³-hybridized carbons (Fsp3) is 0.901. The van der Waals surface area contributed by atoms with Crippen LogP contribution in [0.1, 0.15) is 361 Å². The van der Waals surface area contributed by atoms with Crippen LogP contribution in [0.2, 0.25) is 0 Å². The second-order valence-electron chi connectivity index (χ2n) is 25.6. The lowest BCUT2D eigenvalue weighted by molar-refractivity contribution is -0.870. The Morgan fingerprint density at radius 3 is 1.01 bits per heavy atom. The monoisotopic (exact) mass is 1150 g/mol. The molecular weight excluding hydrogens is 1010 g/mol. The van der Waals surface area contributed by atoms with Crippen molar-refractivity contribution in [3.63, 3.8) is 0 Å². The molecule has 80 heavy (non-hydrogen) atoms. The minimum Gasteiger partial charge on any atom is -0.756 e. The number of aliphatic hydroxyl groups excluding tert-OH is 1. The summed E-state index contributed by atoms with van der Waals surface area (Å²) in [6.07, 6.45) is 82.8.